The maximum absolute atomic E-state index is 10.7. The molecule has 0 saturated heterocycles. The number of hydrogen-bond donors (Lipinski definition) is 0. The van der Waals surface area contributed by atoms with Crippen LogP contribution in [0, 0.1) is 0 Å². The molecule has 0 heterocycles. The topological polar surface area (TPSA) is 17.1 Å². The molecule has 0 spiro atoms. The number of hydrogen-bond acceptors (Lipinski definition) is 1. The first-order valence-corrected chi connectivity index (χ1v) is 5.85. The SMILES string of the molecule is CC(=C=O)C=C(c1ccccc1)c1ccccc1. The molecule has 0 saturated carbocycles. The van der Waals surface area contributed by atoms with Crippen LogP contribution < -0.4 is 0 Å². The molecule has 0 aliphatic carbocycles. The molecule has 0 atom stereocenters. The molecule has 18 heavy (non-hydrogen) atoms. The van der Waals surface area contributed by atoms with Crippen LogP contribution in [0.3, 0.4) is 0 Å². The molecule has 0 aliphatic rings. The predicted molar refractivity (Wildman–Crippen MR) is 74.8 cm³/mol. The van der Waals surface area contributed by atoms with Crippen LogP contribution >= 0.6 is 0 Å². The molecule has 1 nitrogen and oxygen atoms in total. The summed E-state index contributed by atoms with van der Waals surface area (Å²) in [5.74, 6) is 1.93. The lowest BCUT2D eigenvalue weighted by Gasteiger charge is -2.08. The highest BCUT2D eigenvalue weighted by molar-refractivity contribution is 5.83. The van der Waals surface area contributed by atoms with Crippen LogP contribution in [0.1, 0.15) is 18.1 Å². The fourth-order valence-electron chi connectivity index (χ4n) is 1.81. The van der Waals surface area contributed by atoms with E-state index in [1.54, 1.807) is 6.92 Å². The van der Waals surface area contributed by atoms with Crippen molar-refractivity contribution in [1.29, 1.82) is 0 Å². The molecule has 0 bridgehead atoms. The van der Waals surface area contributed by atoms with Crippen molar-refractivity contribution >= 4 is 11.5 Å². The van der Waals surface area contributed by atoms with E-state index in [-0.39, 0.29) is 0 Å². The van der Waals surface area contributed by atoms with Gasteiger partial charge in [0, 0.05) is 5.57 Å². The fourth-order valence-corrected chi connectivity index (χ4v) is 1.81. The Labute approximate surface area is 107 Å². The molecule has 0 N–H and O–H groups in total. The number of allylic oxidation sites excluding steroid dienone is 2. The summed E-state index contributed by atoms with van der Waals surface area (Å²) in [7, 11) is 0. The van der Waals surface area contributed by atoms with Gasteiger partial charge in [0.15, 0.2) is 0 Å². The van der Waals surface area contributed by atoms with E-state index in [0.717, 1.165) is 16.7 Å². The summed E-state index contributed by atoms with van der Waals surface area (Å²) in [5.41, 5.74) is 3.83. The van der Waals surface area contributed by atoms with Gasteiger partial charge in [-0.15, -0.1) is 0 Å². The van der Waals surface area contributed by atoms with Crippen LogP contribution in [0.2, 0.25) is 0 Å². The van der Waals surface area contributed by atoms with Gasteiger partial charge in [0.05, 0.1) is 0 Å². The highest BCUT2D eigenvalue weighted by Gasteiger charge is 2.04. The maximum Gasteiger partial charge on any atom is 0.127 e. The second-order valence-electron chi connectivity index (χ2n) is 4.08. The minimum Gasteiger partial charge on any atom is -0.233 e. The Morgan fingerprint density at radius 3 is 1.72 bits per heavy atom. The summed E-state index contributed by atoms with van der Waals surface area (Å²) in [6, 6.07) is 20.1. The second-order valence-corrected chi connectivity index (χ2v) is 4.08. The number of rotatable bonds is 3. The molecule has 0 amide bonds. The van der Waals surface area contributed by atoms with Crippen molar-refractivity contribution in [1.82, 2.24) is 0 Å². The standard InChI is InChI=1S/C17H14O/c1-14(13-18)12-17(15-8-4-2-5-9-15)16-10-6-3-7-11-16/h2-12H,1H3. The molecule has 0 aromatic heterocycles. The maximum atomic E-state index is 10.7. The molecule has 0 radical (unpaired) electrons. The molecule has 2 rings (SSSR count). The van der Waals surface area contributed by atoms with Gasteiger partial charge in [0.1, 0.15) is 5.94 Å². The van der Waals surface area contributed by atoms with Crippen molar-refractivity contribution in [3.05, 3.63) is 83.4 Å². The first-order chi connectivity index (χ1) is 8.81. The molecular formula is C17H14O. The zero-order chi connectivity index (χ0) is 12.8. The minimum absolute atomic E-state index is 0.595. The molecule has 0 fully saturated rings. The Hall–Kier alpha value is -2.37. The van der Waals surface area contributed by atoms with Crippen molar-refractivity contribution in [2.75, 3.05) is 0 Å². The fraction of sp³-hybridized carbons (Fsp3) is 0.0588. The average molecular weight is 234 g/mol. The van der Waals surface area contributed by atoms with Crippen LogP contribution in [0.5, 0.6) is 0 Å². The number of benzene rings is 2. The van der Waals surface area contributed by atoms with E-state index in [1.807, 2.05) is 72.7 Å². The molecular weight excluding hydrogens is 220 g/mol. The normalized spacial score (nSPS) is 9.39. The Kier molecular flexibility index (Phi) is 3.90. The van der Waals surface area contributed by atoms with Crippen molar-refractivity contribution < 1.29 is 4.79 Å². The van der Waals surface area contributed by atoms with E-state index < -0.39 is 0 Å². The van der Waals surface area contributed by atoms with E-state index in [9.17, 15) is 4.79 Å². The van der Waals surface area contributed by atoms with E-state index >= 15 is 0 Å². The summed E-state index contributed by atoms with van der Waals surface area (Å²) in [5, 5.41) is 0. The minimum atomic E-state index is 0.595. The van der Waals surface area contributed by atoms with Gasteiger partial charge in [-0.3, -0.25) is 0 Å². The largest absolute Gasteiger partial charge is 0.233 e. The van der Waals surface area contributed by atoms with Gasteiger partial charge >= 0.3 is 0 Å². The van der Waals surface area contributed by atoms with Gasteiger partial charge in [-0.25, -0.2) is 4.79 Å². The quantitative estimate of drug-likeness (QED) is 0.581. The predicted octanol–water partition coefficient (Wildman–Crippen LogP) is 3.90. The zero-order valence-electron chi connectivity index (χ0n) is 10.3. The highest BCUT2D eigenvalue weighted by atomic mass is 16.1. The summed E-state index contributed by atoms with van der Waals surface area (Å²) in [6.45, 7) is 1.76. The van der Waals surface area contributed by atoms with E-state index in [1.165, 1.54) is 0 Å². The lowest BCUT2D eigenvalue weighted by atomic mass is 9.96. The van der Waals surface area contributed by atoms with Gasteiger partial charge < -0.3 is 0 Å². The van der Waals surface area contributed by atoms with Gasteiger partial charge in [-0.1, -0.05) is 60.7 Å². The summed E-state index contributed by atoms with van der Waals surface area (Å²) in [6.07, 6.45) is 1.87. The third-order valence-corrected chi connectivity index (χ3v) is 2.69. The summed E-state index contributed by atoms with van der Waals surface area (Å²) in [4.78, 5) is 10.7. The van der Waals surface area contributed by atoms with Gasteiger partial charge in [0.2, 0.25) is 0 Å². The molecule has 0 aliphatic heterocycles. The highest BCUT2D eigenvalue weighted by Crippen LogP contribution is 2.24. The van der Waals surface area contributed by atoms with E-state index in [0.29, 0.717) is 5.57 Å². The van der Waals surface area contributed by atoms with Crippen molar-refractivity contribution in [2.24, 2.45) is 0 Å². The Bertz CT molecular complexity index is 547. The van der Waals surface area contributed by atoms with E-state index in [2.05, 4.69) is 0 Å². The van der Waals surface area contributed by atoms with Crippen molar-refractivity contribution in [3.8, 4) is 0 Å². The van der Waals surface area contributed by atoms with Crippen molar-refractivity contribution in [3.63, 3.8) is 0 Å². The monoisotopic (exact) mass is 234 g/mol. The molecule has 2 aromatic carbocycles. The van der Waals surface area contributed by atoms with Gasteiger partial charge in [-0.2, -0.15) is 0 Å². The lowest BCUT2D eigenvalue weighted by molar-refractivity contribution is 0.567. The number of carbonyl (C=O) groups excluding carboxylic acids is 1. The van der Waals surface area contributed by atoms with Crippen LogP contribution in [-0.4, -0.2) is 5.94 Å². The molecule has 88 valence electrons. The molecule has 2 aromatic rings. The van der Waals surface area contributed by atoms with Crippen LogP contribution in [0.15, 0.2) is 72.3 Å². The van der Waals surface area contributed by atoms with Gasteiger partial charge in [0.25, 0.3) is 0 Å². The summed E-state index contributed by atoms with van der Waals surface area (Å²) >= 11 is 0. The third kappa shape index (κ3) is 2.85. The van der Waals surface area contributed by atoms with Crippen LogP contribution in [0.25, 0.3) is 5.57 Å². The van der Waals surface area contributed by atoms with Crippen molar-refractivity contribution in [2.45, 2.75) is 6.92 Å². The summed E-state index contributed by atoms with van der Waals surface area (Å²) < 4.78 is 0. The Morgan fingerprint density at radius 2 is 1.33 bits per heavy atom. The Morgan fingerprint density at radius 1 is 0.889 bits per heavy atom. The Balaban J connectivity index is 2.56. The van der Waals surface area contributed by atoms with Gasteiger partial charge in [-0.05, 0) is 29.7 Å². The first kappa shape index (κ1) is 12.1. The lowest BCUT2D eigenvalue weighted by Crippen LogP contribution is -1.88. The molecule has 0 unspecified atom stereocenters. The van der Waals surface area contributed by atoms with E-state index in [4.69, 9.17) is 0 Å². The van der Waals surface area contributed by atoms with Crippen LogP contribution in [0.4, 0.5) is 0 Å². The third-order valence-electron chi connectivity index (χ3n) is 2.69. The van der Waals surface area contributed by atoms with Crippen LogP contribution in [-0.2, 0) is 4.79 Å². The molecule has 1 heteroatoms. The average Bonchev–Trinajstić information content (AvgIpc) is 2.46. The second kappa shape index (κ2) is 5.81. The zero-order valence-corrected chi connectivity index (χ0v) is 10.3. The first-order valence-electron chi connectivity index (χ1n) is 5.85. The smallest absolute Gasteiger partial charge is 0.127 e.